The van der Waals surface area contributed by atoms with Crippen LogP contribution in [0, 0.1) is 5.41 Å². The monoisotopic (exact) mass is 372 g/mol. The summed E-state index contributed by atoms with van der Waals surface area (Å²) < 4.78 is 6.70. The van der Waals surface area contributed by atoms with Crippen LogP contribution in [0.25, 0.3) is 0 Å². The Hall–Kier alpha value is -2.78. The van der Waals surface area contributed by atoms with Crippen molar-refractivity contribution < 1.29 is 14.3 Å². The van der Waals surface area contributed by atoms with Gasteiger partial charge in [0, 0.05) is 26.3 Å². The minimum absolute atomic E-state index is 0.0194. The quantitative estimate of drug-likeness (QED) is 0.642. The van der Waals surface area contributed by atoms with E-state index in [0.29, 0.717) is 32.6 Å². The molecule has 0 spiro atoms. The number of nitrogens with zero attached hydrogens (tertiary/aromatic N) is 3. The number of carbonyl (C=O) groups excluding carboxylic acids is 2. The molecule has 4 N–H and O–H groups in total. The smallest absolute Gasteiger partial charge is 0.248 e. The lowest BCUT2D eigenvalue weighted by molar-refractivity contribution is -0.130. The maximum absolute atomic E-state index is 12.6. The fourth-order valence-electron chi connectivity index (χ4n) is 2.95. The highest BCUT2D eigenvalue weighted by atomic mass is 16.5. The Morgan fingerprint density at radius 3 is 2.67 bits per heavy atom. The summed E-state index contributed by atoms with van der Waals surface area (Å²) in [5.41, 5.74) is 6.19. The van der Waals surface area contributed by atoms with E-state index in [2.05, 4.69) is 20.7 Å². The number of nitrogens with one attached hydrogen (secondary N) is 2. The van der Waals surface area contributed by atoms with Gasteiger partial charge in [-0.05, 0) is 18.4 Å². The van der Waals surface area contributed by atoms with Gasteiger partial charge in [-0.1, -0.05) is 30.3 Å². The Labute approximate surface area is 157 Å². The van der Waals surface area contributed by atoms with Crippen molar-refractivity contribution in [3.63, 3.8) is 0 Å². The van der Waals surface area contributed by atoms with Crippen molar-refractivity contribution in [3.05, 3.63) is 42.2 Å². The van der Waals surface area contributed by atoms with Crippen molar-refractivity contribution in [2.75, 3.05) is 25.1 Å². The minimum Gasteiger partial charge on any atom is -0.381 e. The molecule has 1 aromatic carbocycles. The second-order valence-electron chi connectivity index (χ2n) is 6.58. The third-order valence-electron chi connectivity index (χ3n) is 4.72. The van der Waals surface area contributed by atoms with Crippen LogP contribution in [0.1, 0.15) is 18.4 Å². The van der Waals surface area contributed by atoms with Crippen LogP contribution in [0.3, 0.4) is 0 Å². The van der Waals surface area contributed by atoms with Gasteiger partial charge in [-0.2, -0.15) is 0 Å². The summed E-state index contributed by atoms with van der Waals surface area (Å²) >= 11 is 0. The number of ether oxygens (including phenoxy) is 1. The van der Waals surface area contributed by atoms with Crippen molar-refractivity contribution in [1.29, 1.82) is 0 Å². The molecule has 3 rings (SSSR count). The fourth-order valence-corrected chi connectivity index (χ4v) is 2.95. The number of nitrogens with two attached hydrogens (primary N) is 1. The first-order valence-electron chi connectivity index (χ1n) is 8.91. The summed E-state index contributed by atoms with van der Waals surface area (Å²) in [6.07, 6.45) is 2.55. The molecule has 9 heteroatoms. The normalized spacial score (nSPS) is 15.9. The largest absolute Gasteiger partial charge is 0.381 e. The molecule has 2 aromatic rings. The van der Waals surface area contributed by atoms with Crippen LogP contribution in [0.2, 0.25) is 0 Å². The van der Waals surface area contributed by atoms with Crippen molar-refractivity contribution >= 4 is 17.8 Å². The zero-order valence-corrected chi connectivity index (χ0v) is 15.1. The van der Waals surface area contributed by atoms with Crippen LogP contribution in [0.15, 0.2) is 36.7 Å². The molecule has 144 valence electrons. The van der Waals surface area contributed by atoms with Gasteiger partial charge in [-0.15, -0.1) is 5.10 Å². The maximum atomic E-state index is 12.6. The van der Waals surface area contributed by atoms with E-state index < -0.39 is 5.41 Å². The number of hydrogen-bond acceptors (Lipinski definition) is 6. The summed E-state index contributed by atoms with van der Waals surface area (Å²) in [6, 6.07) is 9.63. The first kappa shape index (κ1) is 19.0. The Morgan fingerprint density at radius 2 is 1.96 bits per heavy atom. The van der Waals surface area contributed by atoms with E-state index >= 15 is 0 Å². The van der Waals surface area contributed by atoms with Crippen LogP contribution < -0.4 is 16.4 Å². The Balaban J connectivity index is 1.52. The van der Waals surface area contributed by atoms with E-state index in [1.807, 2.05) is 30.3 Å². The average Bonchev–Trinajstić information content (AvgIpc) is 3.14. The highest BCUT2D eigenvalue weighted by Crippen LogP contribution is 2.30. The van der Waals surface area contributed by atoms with Gasteiger partial charge in [-0.3, -0.25) is 14.9 Å². The van der Waals surface area contributed by atoms with Crippen molar-refractivity contribution in [1.82, 2.24) is 20.1 Å². The molecule has 2 heterocycles. The molecule has 0 aliphatic carbocycles. The van der Waals surface area contributed by atoms with Crippen LogP contribution in [0.5, 0.6) is 0 Å². The lowest BCUT2D eigenvalue weighted by Crippen LogP contribution is -2.46. The first-order chi connectivity index (χ1) is 13.1. The number of benzene rings is 1. The molecule has 2 amide bonds. The summed E-state index contributed by atoms with van der Waals surface area (Å²) in [6.45, 7) is 1.72. The predicted molar refractivity (Wildman–Crippen MR) is 98.5 cm³/mol. The van der Waals surface area contributed by atoms with Gasteiger partial charge in [0.2, 0.25) is 17.8 Å². The second kappa shape index (κ2) is 8.74. The molecule has 1 aliphatic rings. The van der Waals surface area contributed by atoms with E-state index in [0.717, 1.165) is 5.56 Å². The number of aromatic nitrogens is 3. The molecule has 1 aliphatic heterocycles. The summed E-state index contributed by atoms with van der Waals surface area (Å²) in [4.78, 5) is 28.7. The average molecular weight is 372 g/mol. The molecule has 1 saturated heterocycles. The lowest BCUT2D eigenvalue weighted by Gasteiger charge is -2.33. The number of rotatable bonds is 7. The fraction of sp³-hybridized carbons (Fsp3) is 0.444. The zero-order valence-electron chi connectivity index (χ0n) is 15.1. The number of carbonyl (C=O) groups is 2. The molecule has 0 saturated carbocycles. The van der Waals surface area contributed by atoms with Crippen molar-refractivity contribution in [3.8, 4) is 0 Å². The summed E-state index contributed by atoms with van der Waals surface area (Å²) in [5.74, 6) is -0.237. The Kier molecular flexibility index (Phi) is 6.15. The van der Waals surface area contributed by atoms with Crippen LogP contribution in [-0.4, -0.2) is 46.3 Å². The van der Waals surface area contributed by atoms with Gasteiger partial charge >= 0.3 is 0 Å². The molecule has 0 unspecified atom stereocenters. The Morgan fingerprint density at radius 1 is 1.22 bits per heavy atom. The number of amides is 2. The first-order valence-corrected chi connectivity index (χ1v) is 8.91. The van der Waals surface area contributed by atoms with Crippen molar-refractivity contribution in [2.24, 2.45) is 11.1 Å². The topological polar surface area (TPSA) is 124 Å². The molecular weight excluding hydrogens is 348 g/mol. The van der Waals surface area contributed by atoms with E-state index in [1.165, 1.54) is 11.0 Å². The second-order valence-corrected chi connectivity index (χ2v) is 6.58. The highest BCUT2D eigenvalue weighted by molar-refractivity contribution is 5.94. The third-order valence-corrected chi connectivity index (χ3v) is 4.72. The standard InChI is InChI=1S/C18H24N6O3/c19-12-18(6-8-27-9-7-18)16(26)22-17-21-13-24(23-17)11-15(25)20-10-14-4-2-1-3-5-14/h1-5,13H,6-12,19H2,(H,20,25)(H,22,23,26). The van der Waals surface area contributed by atoms with Gasteiger partial charge < -0.3 is 15.8 Å². The molecule has 0 radical (unpaired) electrons. The maximum Gasteiger partial charge on any atom is 0.248 e. The molecular formula is C18H24N6O3. The van der Waals surface area contributed by atoms with E-state index in [-0.39, 0.29) is 30.9 Å². The minimum atomic E-state index is -0.656. The SMILES string of the molecule is NCC1(C(=O)Nc2ncn(CC(=O)NCc3ccccc3)n2)CCOCC1. The molecule has 0 atom stereocenters. The Bertz CT molecular complexity index is 770. The van der Waals surface area contributed by atoms with Crippen LogP contribution in [-0.2, 0) is 27.4 Å². The molecule has 0 bridgehead atoms. The van der Waals surface area contributed by atoms with Gasteiger partial charge in [0.15, 0.2) is 0 Å². The van der Waals surface area contributed by atoms with Gasteiger partial charge in [-0.25, -0.2) is 9.67 Å². The lowest BCUT2D eigenvalue weighted by atomic mass is 9.79. The molecule has 9 nitrogen and oxygen atoms in total. The van der Waals surface area contributed by atoms with Gasteiger partial charge in [0.1, 0.15) is 12.9 Å². The van der Waals surface area contributed by atoms with Gasteiger partial charge in [0.25, 0.3) is 0 Å². The van der Waals surface area contributed by atoms with Gasteiger partial charge in [0.05, 0.1) is 5.41 Å². The predicted octanol–water partition coefficient (Wildman–Crippen LogP) is 0.288. The van der Waals surface area contributed by atoms with E-state index in [1.54, 1.807) is 0 Å². The number of anilines is 1. The zero-order chi connectivity index (χ0) is 19.1. The molecule has 1 fully saturated rings. The van der Waals surface area contributed by atoms with Crippen molar-refractivity contribution in [2.45, 2.75) is 25.9 Å². The van der Waals surface area contributed by atoms with Crippen LogP contribution >= 0.6 is 0 Å². The summed E-state index contributed by atoms with van der Waals surface area (Å²) in [5, 5.41) is 9.67. The van der Waals surface area contributed by atoms with E-state index in [9.17, 15) is 9.59 Å². The van der Waals surface area contributed by atoms with E-state index in [4.69, 9.17) is 10.5 Å². The molecule has 27 heavy (non-hydrogen) atoms. The summed E-state index contributed by atoms with van der Waals surface area (Å²) in [7, 11) is 0. The highest BCUT2D eigenvalue weighted by Gasteiger charge is 2.39. The number of hydrogen-bond donors (Lipinski definition) is 3. The molecule has 1 aromatic heterocycles. The third kappa shape index (κ3) is 4.89. The van der Waals surface area contributed by atoms with Crippen LogP contribution in [0.4, 0.5) is 5.95 Å².